The molecule has 1 atom stereocenters. The van der Waals surface area contributed by atoms with Crippen LogP contribution in [0.5, 0.6) is 11.5 Å². The van der Waals surface area contributed by atoms with E-state index >= 15 is 0 Å². The summed E-state index contributed by atoms with van der Waals surface area (Å²) in [5.74, 6) is 1.96. The molecule has 2 aromatic rings. The SMILES string of the molecule is NC(c1ccc(Br)o1)c1cc2c(cc1Cl)OCCCO2. The molecule has 0 saturated carbocycles. The van der Waals surface area contributed by atoms with E-state index in [9.17, 15) is 0 Å². The molecule has 20 heavy (non-hydrogen) atoms. The van der Waals surface area contributed by atoms with Crippen molar-refractivity contribution in [2.45, 2.75) is 12.5 Å². The topological polar surface area (TPSA) is 57.6 Å². The van der Waals surface area contributed by atoms with Gasteiger partial charge in [0.15, 0.2) is 16.2 Å². The Hall–Kier alpha value is -1.17. The van der Waals surface area contributed by atoms with E-state index in [1.54, 1.807) is 12.1 Å². The molecule has 0 radical (unpaired) electrons. The molecular weight excluding hydrogens is 346 g/mol. The number of ether oxygens (including phenoxy) is 2. The average molecular weight is 359 g/mol. The molecule has 3 rings (SSSR count). The quantitative estimate of drug-likeness (QED) is 0.884. The Bertz CT molecular complexity index is 629. The summed E-state index contributed by atoms with van der Waals surface area (Å²) >= 11 is 9.56. The number of halogens is 2. The lowest BCUT2D eigenvalue weighted by Gasteiger charge is -2.15. The Kier molecular flexibility index (Phi) is 3.92. The molecule has 0 bridgehead atoms. The summed E-state index contributed by atoms with van der Waals surface area (Å²) in [7, 11) is 0. The van der Waals surface area contributed by atoms with E-state index in [1.807, 2.05) is 12.1 Å². The molecule has 2 heterocycles. The van der Waals surface area contributed by atoms with Crippen LogP contribution in [0.2, 0.25) is 5.02 Å². The summed E-state index contributed by atoms with van der Waals surface area (Å²) < 4.78 is 17.4. The van der Waals surface area contributed by atoms with E-state index < -0.39 is 6.04 Å². The lowest BCUT2D eigenvalue weighted by molar-refractivity contribution is 0.297. The van der Waals surface area contributed by atoms with Crippen LogP contribution in [-0.2, 0) is 0 Å². The van der Waals surface area contributed by atoms with Crippen LogP contribution in [0.1, 0.15) is 23.8 Å². The Morgan fingerprint density at radius 1 is 1.15 bits per heavy atom. The van der Waals surface area contributed by atoms with E-state index in [4.69, 9.17) is 31.2 Å². The van der Waals surface area contributed by atoms with E-state index in [0.717, 1.165) is 12.0 Å². The lowest BCUT2D eigenvalue weighted by Crippen LogP contribution is -2.12. The molecule has 4 nitrogen and oxygen atoms in total. The molecular formula is C14H13BrClNO3. The van der Waals surface area contributed by atoms with E-state index in [1.165, 1.54) is 0 Å². The second kappa shape index (κ2) is 5.68. The molecule has 1 aliphatic rings. The van der Waals surface area contributed by atoms with Gasteiger partial charge in [0.1, 0.15) is 5.76 Å². The maximum Gasteiger partial charge on any atom is 0.169 e. The van der Waals surface area contributed by atoms with Gasteiger partial charge in [0, 0.05) is 17.5 Å². The molecule has 0 spiro atoms. The molecule has 1 aromatic heterocycles. The largest absolute Gasteiger partial charge is 0.490 e. The summed E-state index contributed by atoms with van der Waals surface area (Å²) in [5, 5.41) is 0.536. The fourth-order valence-corrected chi connectivity index (χ4v) is 2.68. The highest BCUT2D eigenvalue weighted by Gasteiger charge is 2.20. The summed E-state index contributed by atoms with van der Waals surface area (Å²) in [6, 6.07) is 6.73. The van der Waals surface area contributed by atoms with Crippen molar-refractivity contribution in [3.8, 4) is 11.5 Å². The molecule has 2 N–H and O–H groups in total. The van der Waals surface area contributed by atoms with Crippen LogP contribution in [0.3, 0.4) is 0 Å². The van der Waals surface area contributed by atoms with Crippen LogP contribution < -0.4 is 15.2 Å². The third-order valence-corrected chi connectivity index (χ3v) is 3.86. The van der Waals surface area contributed by atoms with Crippen LogP contribution in [-0.4, -0.2) is 13.2 Å². The van der Waals surface area contributed by atoms with Gasteiger partial charge in [0.25, 0.3) is 0 Å². The zero-order chi connectivity index (χ0) is 14.1. The van der Waals surface area contributed by atoms with E-state index in [-0.39, 0.29) is 0 Å². The number of hydrogen-bond acceptors (Lipinski definition) is 4. The summed E-state index contributed by atoms with van der Waals surface area (Å²) in [4.78, 5) is 0. The van der Waals surface area contributed by atoms with Gasteiger partial charge in [-0.05, 0) is 39.7 Å². The predicted octanol–water partition coefficient (Wildman–Crippen LogP) is 3.90. The van der Waals surface area contributed by atoms with Crippen molar-refractivity contribution >= 4 is 27.5 Å². The van der Waals surface area contributed by atoms with Gasteiger partial charge in [-0.3, -0.25) is 0 Å². The molecule has 0 fully saturated rings. The zero-order valence-electron chi connectivity index (χ0n) is 10.6. The van der Waals surface area contributed by atoms with Gasteiger partial charge in [0.2, 0.25) is 0 Å². The summed E-state index contributed by atoms with van der Waals surface area (Å²) in [5.41, 5.74) is 6.96. The number of benzene rings is 1. The Labute approximate surface area is 129 Å². The van der Waals surface area contributed by atoms with Gasteiger partial charge < -0.3 is 19.6 Å². The van der Waals surface area contributed by atoms with Gasteiger partial charge in [-0.25, -0.2) is 0 Å². The predicted molar refractivity (Wildman–Crippen MR) is 79.5 cm³/mol. The van der Waals surface area contributed by atoms with E-state index in [0.29, 0.717) is 40.2 Å². The standard InChI is InChI=1S/C14H13BrClNO3/c15-13-3-2-10(20-13)14(17)8-6-11-12(7-9(8)16)19-5-1-4-18-11/h2-3,6-7,14H,1,4-5,17H2. The highest BCUT2D eigenvalue weighted by molar-refractivity contribution is 9.10. The van der Waals surface area contributed by atoms with Crippen LogP contribution in [0, 0.1) is 0 Å². The van der Waals surface area contributed by atoms with Crippen molar-refractivity contribution in [2.24, 2.45) is 5.73 Å². The number of rotatable bonds is 2. The Morgan fingerprint density at radius 3 is 2.50 bits per heavy atom. The Morgan fingerprint density at radius 2 is 1.85 bits per heavy atom. The van der Waals surface area contributed by atoms with Gasteiger partial charge in [0.05, 0.1) is 19.3 Å². The van der Waals surface area contributed by atoms with Crippen molar-refractivity contribution in [3.63, 3.8) is 0 Å². The lowest BCUT2D eigenvalue weighted by atomic mass is 10.0. The van der Waals surface area contributed by atoms with Crippen molar-refractivity contribution in [1.29, 1.82) is 0 Å². The minimum absolute atomic E-state index is 0.453. The second-order valence-electron chi connectivity index (χ2n) is 4.49. The molecule has 1 unspecified atom stereocenters. The van der Waals surface area contributed by atoms with Crippen LogP contribution in [0.25, 0.3) is 0 Å². The van der Waals surface area contributed by atoms with Gasteiger partial charge in [-0.1, -0.05) is 11.6 Å². The van der Waals surface area contributed by atoms with Crippen molar-refractivity contribution < 1.29 is 13.9 Å². The fraction of sp³-hybridized carbons (Fsp3) is 0.286. The van der Waals surface area contributed by atoms with Crippen LogP contribution >= 0.6 is 27.5 Å². The van der Waals surface area contributed by atoms with Gasteiger partial charge in [-0.15, -0.1) is 0 Å². The second-order valence-corrected chi connectivity index (χ2v) is 5.68. The highest BCUT2D eigenvalue weighted by atomic mass is 79.9. The first-order valence-corrected chi connectivity index (χ1v) is 7.42. The molecule has 106 valence electrons. The minimum Gasteiger partial charge on any atom is -0.490 e. The third-order valence-electron chi connectivity index (χ3n) is 3.10. The molecule has 1 aromatic carbocycles. The minimum atomic E-state index is -0.453. The molecule has 0 amide bonds. The fourth-order valence-electron chi connectivity index (χ4n) is 2.09. The number of hydrogen-bond donors (Lipinski definition) is 1. The zero-order valence-corrected chi connectivity index (χ0v) is 12.9. The number of fused-ring (bicyclic) bond motifs is 1. The normalized spacial score (nSPS) is 15.8. The third kappa shape index (κ3) is 2.66. The molecule has 6 heteroatoms. The number of furan rings is 1. The molecule has 0 saturated heterocycles. The van der Waals surface area contributed by atoms with E-state index in [2.05, 4.69) is 15.9 Å². The summed E-state index contributed by atoms with van der Waals surface area (Å²) in [6.45, 7) is 1.25. The molecule has 1 aliphatic heterocycles. The van der Waals surface area contributed by atoms with Gasteiger partial charge in [-0.2, -0.15) is 0 Å². The number of nitrogens with two attached hydrogens (primary N) is 1. The highest BCUT2D eigenvalue weighted by Crippen LogP contribution is 2.38. The molecule has 0 aliphatic carbocycles. The van der Waals surface area contributed by atoms with Crippen LogP contribution in [0.15, 0.2) is 33.4 Å². The van der Waals surface area contributed by atoms with Crippen molar-refractivity contribution in [3.05, 3.63) is 45.3 Å². The first-order chi connectivity index (χ1) is 9.65. The first kappa shape index (κ1) is 13.8. The van der Waals surface area contributed by atoms with Crippen molar-refractivity contribution in [2.75, 3.05) is 13.2 Å². The first-order valence-electron chi connectivity index (χ1n) is 6.25. The maximum atomic E-state index is 6.30. The summed E-state index contributed by atoms with van der Waals surface area (Å²) in [6.07, 6.45) is 0.846. The van der Waals surface area contributed by atoms with Crippen molar-refractivity contribution in [1.82, 2.24) is 0 Å². The maximum absolute atomic E-state index is 6.30. The van der Waals surface area contributed by atoms with Gasteiger partial charge >= 0.3 is 0 Å². The Balaban J connectivity index is 1.99. The smallest absolute Gasteiger partial charge is 0.169 e. The van der Waals surface area contributed by atoms with Crippen LogP contribution in [0.4, 0.5) is 0 Å². The average Bonchev–Trinajstić information content (AvgIpc) is 2.73. The monoisotopic (exact) mass is 357 g/mol.